The number of aromatic hydroxyl groups is 1. The Balaban J connectivity index is 2.48. The number of methoxy groups -OCH3 is 1. The predicted octanol–water partition coefficient (Wildman–Crippen LogP) is 3.88. The van der Waals surface area contributed by atoms with Gasteiger partial charge in [-0.2, -0.15) is 0 Å². The van der Waals surface area contributed by atoms with Crippen molar-refractivity contribution in [1.29, 1.82) is 0 Å². The molecule has 0 bridgehead atoms. The molecule has 0 unspecified atom stereocenters. The zero-order valence-electron chi connectivity index (χ0n) is 11.6. The van der Waals surface area contributed by atoms with Crippen LogP contribution in [-0.2, 0) is 4.74 Å². The van der Waals surface area contributed by atoms with E-state index < -0.39 is 29.6 Å². The summed E-state index contributed by atoms with van der Waals surface area (Å²) < 4.78 is 58.5. The van der Waals surface area contributed by atoms with Gasteiger partial charge in [-0.15, -0.1) is 13.2 Å². The standard InChI is InChI=1S/C15H10F4O4/c1-22-14(21)12-6-8(2-3-13(12)16)9-4-10(20)7-11(5-9)23-15(17,18)19/h2-7,20H,1H3. The van der Waals surface area contributed by atoms with Gasteiger partial charge in [0.2, 0.25) is 0 Å². The lowest BCUT2D eigenvalue weighted by atomic mass is 10.0. The van der Waals surface area contributed by atoms with Crippen molar-refractivity contribution in [1.82, 2.24) is 0 Å². The molecule has 2 rings (SSSR count). The number of alkyl halides is 3. The number of phenolic OH excluding ortho intramolecular Hbond substituents is 1. The summed E-state index contributed by atoms with van der Waals surface area (Å²) in [5, 5.41) is 9.52. The Morgan fingerprint density at radius 3 is 2.39 bits per heavy atom. The normalized spacial score (nSPS) is 11.2. The van der Waals surface area contributed by atoms with Crippen molar-refractivity contribution < 1.29 is 36.9 Å². The third kappa shape index (κ3) is 4.12. The summed E-state index contributed by atoms with van der Waals surface area (Å²) in [5.41, 5.74) is -0.0734. The lowest BCUT2D eigenvalue weighted by Crippen LogP contribution is -2.17. The van der Waals surface area contributed by atoms with E-state index in [1.165, 1.54) is 6.07 Å². The molecule has 0 amide bonds. The van der Waals surface area contributed by atoms with E-state index in [1.807, 2.05) is 0 Å². The maximum Gasteiger partial charge on any atom is 0.573 e. The average molecular weight is 330 g/mol. The van der Waals surface area contributed by atoms with Crippen molar-refractivity contribution in [3.63, 3.8) is 0 Å². The number of esters is 1. The van der Waals surface area contributed by atoms with Crippen LogP contribution in [0.1, 0.15) is 10.4 Å². The fourth-order valence-electron chi connectivity index (χ4n) is 1.91. The Hall–Kier alpha value is -2.77. The topological polar surface area (TPSA) is 55.8 Å². The van der Waals surface area contributed by atoms with Gasteiger partial charge in [0.05, 0.1) is 12.7 Å². The fraction of sp³-hybridized carbons (Fsp3) is 0.133. The highest BCUT2D eigenvalue weighted by Gasteiger charge is 2.31. The van der Waals surface area contributed by atoms with Gasteiger partial charge in [0.15, 0.2) is 0 Å². The van der Waals surface area contributed by atoms with Gasteiger partial charge in [-0.1, -0.05) is 6.07 Å². The highest BCUT2D eigenvalue weighted by Crippen LogP contribution is 2.33. The van der Waals surface area contributed by atoms with Crippen LogP contribution in [0.25, 0.3) is 11.1 Å². The molecule has 4 nitrogen and oxygen atoms in total. The monoisotopic (exact) mass is 330 g/mol. The molecule has 122 valence electrons. The molecule has 0 radical (unpaired) electrons. The average Bonchev–Trinajstić information content (AvgIpc) is 2.44. The number of benzene rings is 2. The van der Waals surface area contributed by atoms with Crippen LogP contribution in [-0.4, -0.2) is 24.5 Å². The minimum absolute atomic E-state index is 0.106. The SMILES string of the molecule is COC(=O)c1cc(-c2cc(O)cc(OC(F)(F)F)c2)ccc1F. The van der Waals surface area contributed by atoms with Crippen molar-refractivity contribution >= 4 is 5.97 Å². The Bertz CT molecular complexity index is 741. The second-order valence-electron chi connectivity index (χ2n) is 4.45. The summed E-state index contributed by atoms with van der Waals surface area (Å²) in [6.07, 6.45) is -4.93. The van der Waals surface area contributed by atoms with Crippen molar-refractivity contribution in [2.75, 3.05) is 7.11 Å². The number of rotatable bonds is 3. The van der Waals surface area contributed by atoms with E-state index in [4.69, 9.17) is 0 Å². The minimum Gasteiger partial charge on any atom is -0.508 e. The molecule has 0 saturated carbocycles. The summed E-state index contributed by atoms with van der Waals surface area (Å²) >= 11 is 0. The van der Waals surface area contributed by atoms with Gasteiger partial charge in [-0.25, -0.2) is 9.18 Å². The van der Waals surface area contributed by atoms with Gasteiger partial charge in [0, 0.05) is 6.07 Å². The Morgan fingerprint density at radius 1 is 1.09 bits per heavy atom. The van der Waals surface area contributed by atoms with Gasteiger partial charge in [-0.3, -0.25) is 0 Å². The van der Waals surface area contributed by atoms with E-state index >= 15 is 0 Å². The molecule has 0 heterocycles. The third-order valence-corrected chi connectivity index (χ3v) is 2.83. The number of carbonyl (C=O) groups excluding carboxylic acids is 1. The molecule has 8 heteroatoms. The molecule has 1 N–H and O–H groups in total. The van der Waals surface area contributed by atoms with E-state index in [2.05, 4.69) is 9.47 Å². The lowest BCUT2D eigenvalue weighted by molar-refractivity contribution is -0.274. The van der Waals surface area contributed by atoms with Crippen molar-refractivity contribution in [2.45, 2.75) is 6.36 Å². The smallest absolute Gasteiger partial charge is 0.508 e. The lowest BCUT2D eigenvalue weighted by Gasteiger charge is -2.11. The fourth-order valence-corrected chi connectivity index (χ4v) is 1.91. The molecule has 0 saturated heterocycles. The van der Waals surface area contributed by atoms with Crippen LogP contribution in [0.3, 0.4) is 0 Å². The molecule has 0 spiro atoms. The van der Waals surface area contributed by atoms with E-state index in [-0.39, 0.29) is 16.7 Å². The van der Waals surface area contributed by atoms with Crippen LogP contribution in [0.5, 0.6) is 11.5 Å². The zero-order chi connectivity index (χ0) is 17.2. The van der Waals surface area contributed by atoms with Crippen LogP contribution < -0.4 is 4.74 Å². The molecular formula is C15H10F4O4. The predicted molar refractivity (Wildman–Crippen MR) is 71.5 cm³/mol. The Labute approximate surface area is 127 Å². The van der Waals surface area contributed by atoms with Gasteiger partial charge in [0.1, 0.15) is 17.3 Å². The van der Waals surface area contributed by atoms with Crippen LogP contribution in [0.15, 0.2) is 36.4 Å². The molecule has 0 aromatic heterocycles. The molecular weight excluding hydrogens is 320 g/mol. The Kier molecular flexibility index (Phi) is 4.44. The van der Waals surface area contributed by atoms with Gasteiger partial charge in [0.25, 0.3) is 0 Å². The first-order valence-electron chi connectivity index (χ1n) is 6.17. The third-order valence-electron chi connectivity index (χ3n) is 2.83. The Morgan fingerprint density at radius 2 is 1.78 bits per heavy atom. The first-order valence-corrected chi connectivity index (χ1v) is 6.17. The maximum atomic E-state index is 13.6. The van der Waals surface area contributed by atoms with E-state index in [0.29, 0.717) is 0 Å². The van der Waals surface area contributed by atoms with E-state index in [0.717, 1.165) is 37.4 Å². The van der Waals surface area contributed by atoms with Crippen LogP contribution in [0, 0.1) is 5.82 Å². The number of phenols is 1. The summed E-state index contributed by atoms with van der Waals surface area (Å²) in [6.45, 7) is 0. The minimum atomic E-state index is -4.93. The number of ether oxygens (including phenoxy) is 2. The highest BCUT2D eigenvalue weighted by molar-refractivity contribution is 5.91. The second kappa shape index (κ2) is 6.15. The summed E-state index contributed by atoms with van der Waals surface area (Å²) in [7, 11) is 1.07. The maximum absolute atomic E-state index is 13.6. The van der Waals surface area contributed by atoms with Crippen molar-refractivity contribution in [2.24, 2.45) is 0 Å². The zero-order valence-corrected chi connectivity index (χ0v) is 11.6. The van der Waals surface area contributed by atoms with Crippen molar-refractivity contribution in [3.05, 3.63) is 47.8 Å². The highest BCUT2D eigenvalue weighted by atomic mass is 19.4. The number of carbonyl (C=O) groups is 1. The molecule has 0 aliphatic carbocycles. The molecule has 2 aromatic carbocycles. The molecule has 2 aromatic rings. The van der Waals surface area contributed by atoms with Crippen molar-refractivity contribution in [3.8, 4) is 22.6 Å². The van der Waals surface area contributed by atoms with E-state index in [1.54, 1.807) is 0 Å². The number of hydrogen-bond acceptors (Lipinski definition) is 4. The first-order chi connectivity index (χ1) is 10.7. The number of hydrogen-bond donors (Lipinski definition) is 1. The van der Waals surface area contributed by atoms with Crippen LogP contribution in [0.2, 0.25) is 0 Å². The molecule has 23 heavy (non-hydrogen) atoms. The molecule has 0 fully saturated rings. The molecule has 0 atom stereocenters. The summed E-state index contributed by atoms with van der Waals surface area (Å²) in [5.74, 6) is -2.90. The summed E-state index contributed by atoms with van der Waals surface area (Å²) in [6, 6.07) is 6.25. The summed E-state index contributed by atoms with van der Waals surface area (Å²) in [4.78, 5) is 11.5. The quantitative estimate of drug-likeness (QED) is 0.685. The molecule has 0 aliphatic rings. The van der Waals surface area contributed by atoms with E-state index in [9.17, 15) is 27.5 Å². The van der Waals surface area contributed by atoms with Crippen LogP contribution in [0.4, 0.5) is 17.6 Å². The number of halogens is 4. The van der Waals surface area contributed by atoms with Gasteiger partial charge >= 0.3 is 12.3 Å². The first kappa shape index (κ1) is 16.6. The molecule has 0 aliphatic heterocycles. The van der Waals surface area contributed by atoms with Gasteiger partial charge in [-0.05, 0) is 35.4 Å². The van der Waals surface area contributed by atoms with Gasteiger partial charge < -0.3 is 14.6 Å². The largest absolute Gasteiger partial charge is 0.573 e. The van der Waals surface area contributed by atoms with Crippen LogP contribution >= 0.6 is 0 Å². The second-order valence-corrected chi connectivity index (χ2v) is 4.45.